The fourth-order valence-corrected chi connectivity index (χ4v) is 5.41. The van der Waals surface area contributed by atoms with Gasteiger partial charge in [-0.15, -0.1) is 0 Å². The molecule has 0 spiro atoms. The number of ether oxygens (including phenoxy) is 1. The third-order valence-corrected chi connectivity index (χ3v) is 8.10. The van der Waals surface area contributed by atoms with Gasteiger partial charge >= 0.3 is 0 Å². The first-order valence-corrected chi connectivity index (χ1v) is 9.66. The minimum Gasteiger partial charge on any atom is -0.393 e. The predicted octanol–water partition coefficient (Wildman–Crippen LogP) is 4.30. The molecule has 136 valence electrons. The molecule has 3 heteroatoms. The molecule has 4 atom stereocenters. The van der Waals surface area contributed by atoms with E-state index in [9.17, 15) is 10.2 Å². The molecule has 2 aliphatic rings. The van der Waals surface area contributed by atoms with Crippen LogP contribution in [-0.4, -0.2) is 34.1 Å². The Labute approximate surface area is 142 Å². The average Bonchev–Trinajstić information content (AvgIpc) is 2.71. The van der Waals surface area contributed by atoms with E-state index in [4.69, 9.17) is 4.74 Å². The van der Waals surface area contributed by atoms with Gasteiger partial charge in [0.05, 0.1) is 23.9 Å². The third kappa shape index (κ3) is 2.77. The Morgan fingerprint density at radius 3 is 2.22 bits per heavy atom. The summed E-state index contributed by atoms with van der Waals surface area (Å²) in [5, 5.41) is 21.3. The molecule has 0 aliphatic heterocycles. The molecule has 0 saturated heterocycles. The molecule has 0 heterocycles. The largest absolute Gasteiger partial charge is 0.393 e. The molecule has 2 saturated carbocycles. The van der Waals surface area contributed by atoms with E-state index >= 15 is 0 Å². The van der Waals surface area contributed by atoms with Crippen molar-refractivity contribution in [3.05, 3.63) is 0 Å². The SMILES string of the molecule is CCC(O)(CC)COC1(CC)CC2C(O)CCCC2(C)C1(C)C. The summed E-state index contributed by atoms with van der Waals surface area (Å²) in [6, 6.07) is 0. The van der Waals surface area contributed by atoms with Gasteiger partial charge < -0.3 is 14.9 Å². The van der Waals surface area contributed by atoms with Gasteiger partial charge in [-0.05, 0) is 55.3 Å². The molecule has 0 aromatic heterocycles. The van der Waals surface area contributed by atoms with E-state index in [2.05, 4.69) is 27.7 Å². The molecule has 0 radical (unpaired) electrons. The molecule has 0 bridgehead atoms. The molecule has 2 aliphatic carbocycles. The van der Waals surface area contributed by atoms with Crippen LogP contribution in [-0.2, 0) is 4.74 Å². The standard InChI is InChI=1S/C20H38O3/c1-7-19(22,8-2)14-23-20(9-3)13-15-16(21)11-10-12-18(15,6)17(20,4)5/h15-16,21-22H,7-14H2,1-6H3. The second kappa shape index (κ2) is 6.31. The number of fused-ring (bicyclic) bond motifs is 1. The van der Waals surface area contributed by atoms with Crippen LogP contribution < -0.4 is 0 Å². The van der Waals surface area contributed by atoms with E-state index in [1.807, 2.05) is 13.8 Å². The Morgan fingerprint density at radius 1 is 1.13 bits per heavy atom. The second-order valence-electron chi connectivity index (χ2n) is 8.88. The maximum absolute atomic E-state index is 10.7. The van der Waals surface area contributed by atoms with Crippen molar-refractivity contribution < 1.29 is 14.9 Å². The van der Waals surface area contributed by atoms with E-state index in [1.54, 1.807) is 0 Å². The summed E-state index contributed by atoms with van der Waals surface area (Å²) < 4.78 is 6.55. The van der Waals surface area contributed by atoms with Crippen molar-refractivity contribution in [1.29, 1.82) is 0 Å². The van der Waals surface area contributed by atoms with Gasteiger partial charge in [0.15, 0.2) is 0 Å². The highest BCUT2D eigenvalue weighted by atomic mass is 16.5. The molecule has 0 aromatic rings. The molecule has 2 rings (SSSR count). The summed E-state index contributed by atoms with van der Waals surface area (Å²) in [6.45, 7) is 13.7. The Kier molecular flexibility index (Phi) is 5.27. The highest BCUT2D eigenvalue weighted by Crippen LogP contribution is 2.67. The summed E-state index contributed by atoms with van der Waals surface area (Å²) in [5.74, 6) is 0.308. The highest BCUT2D eigenvalue weighted by Gasteiger charge is 2.67. The van der Waals surface area contributed by atoms with Crippen LogP contribution in [0.4, 0.5) is 0 Å². The van der Waals surface area contributed by atoms with Crippen LogP contribution in [0.3, 0.4) is 0 Å². The lowest BCUT2D eigenvalue weighted by atomic mass is 9.56. The number of hydrogen-bond acceptors (Lipinski definition) is 3. The van der Waals surface area contributed by atoms with E-state index < -0.39 is 5.60 Å². The molecule has 0 aromatic carbocycles. The third-order valence-electron chi connectivity index (χ3n) is 8.10. The zero-order chi connectivity index (χ0) is 17.5. The van der Waals surface area contributed by atoms with Crippen LogP contribution >= 0.6 is 0 Å². The van der Waals surface area contributed by atoms with Crippen molar-refractivity contribution in [2.75, 3.05) is 6.61 Å². The van der Waals surface area contributed by atoms with E-state index in [0.717, 1.165) is 25.7 Å². The lowest BCUT2D eigenvalue weighted by Gasteiger charge is -2.52. The van der Waals surface area contributed by atoms with Crippen LogP contribution in [0.2, 0.25) is 0 Å². The van der Waals surface area contributed by atoms with Gasteiger partial charge in [-0.25, -0.2) is 0 Å². The highest BCUT2D eigenvalue weighted by molar-refractivity contribution is 5.16. The number of aliphatic hydroxyl groups is 2. The first-order chi connectivity index (χ1) is 10.6. The maximum Gasteiger partial charge on any atom is 0.0875 e. The smallest absolute Gasteiger partial charge is 0.0875 e. The van der Waals surface area contributed by atoms with Crippen molar-refractivity contribution in [1.82, 2.24) is 0 Å². The summed E-state index contributed by atoms with van der Waals surface area (Å²) >= 11 is 0. The van der Waals surface area contributed by atoms with Gasteiger partial charge in [-0.2, -0.15) is 0 Å². The minimum absolute atomic E-state index is 0.0107. The van der Waals surface area contributed by atoms with Crippen LogP contribution in [0, 0.1) is 16.7 Å². The molecule has 23 heavy (non-hydrogen) atoms. The van der Waals surface area contributed by atoms with Crippen LogP contribution in [0.5, 0.6) is 0 Å². The van der Waals surface area contributed by atoms with Gasteiger partial charge in [0.25, 0.3) is 0 Å². The summed E-state index contributed by atoms with van der Waals surface area (Å²) in [7, 11) is 0. The van der Waals surface area contributed by atoms with Gasteiger partial charge in [0, 0.05) is 0 Å². The zero-order valence-corrected chi connectivity index (χ0v) is 16.1. The molecule has 2 N–H and O–H groups in total. The quantitative estimate of drug-likeness (QED) is 0.765. The Bertz CT molecular complexity index is 415. The Balaban J connectivity index is 2.31. The second-order valence-corrected chi connectivity index (χ2v) is 8.88. The average molecular weight is 327 g/mol. The van der Waals surface area contributed by atoms with Crippen molar-refractivity contribution >= 4 is 0 Å². The first-order valence-electron chi connectivity index (χ1n) is 9.66. The number of hydrogen-bond donors (Lipinski definition) is 2. The zero-order valence-electron chi connectivity index (χ0n) is 16.1. The summed E-state index contributed by atoms with van der Waals surface area (Å²) in [4.78, 5) is 0. The first kappa shape index (κ1) is 19.2. The number of rotatable bonds is 6. The fraction of sp³-hybridized carbons (Fsp3) is 1.00. The normalized spacial score (nSPS) is 40.2. The van der Waals surface area contributed by atoms with E-state index in [1.165, 1.54) is 6.42 Å². The summed E-state index contributed by atoms with van der Waals surface area (Å²) in [6.07, 6.45) is 6.26. The topological polar surface area (TPSA) is 49.7 Å². The minimum atomic E-state index is -0.731. The van der Waals surface area contributed by atoms with Crippen LogP contribution in [0.25, 0.3) is 0 Å². The molecule has 4 unspecified atom stereocenters. The molecular weight excluding hydrogens is 288 g/mol. The lowest BCUT2D eigenvalue weighted by Crippen LogP contribution is -2.52. The Morgan fingerprint density at radius 2 is 1.74 bits per heavy atom. The van der Waals surface area contributed by atoms with Gasteiger partial charge in [0.2, 0.25) is 0 Å². The van der Waals surface area contributed by atoms with Crippen molar-refractivity contribution in [2.24, 2.45) is 16.7 Å². The molecule has 2 fully saturated rings. The van der Waals surface area contributed by atoms with Crippen molar-refractivity contribution in [3.8, 4) is 0 Å². The van der Waals surface area contributed by atoms with E-state index in [-0.39, 0.29) is 22.5 Å². The summed E-state index contributed by atoms with van der Waals surface area (Å²) in [5.41, 5.74) is -0.887. The monoisotopic (exact) mass is 326 g/mol. The number of aliphatic hydroxyl groups excluding tert-OH is 1. The van der Waals surface area contributed by atoms with Crippen molar-refractivity contribution in [3.63, 3.8) is 0 Å². The van der Waals surface area contributed by atoms with Gasteiger partial charge in [-0.3, -0.25) is 0 Å². The molecular formula is C20H38O3. The lowest BCUT2D eigenvalue weighted by molar-refractivity contribution is -0.176. The van der Waals surface area contributed by atoms with Crippen molar-refractivity contribution in [2.45, 2.75) is 104 Å². The van der Waals surface area contributed by atoms with Crippen LogP contribution in [0.1, 0.15) is 86.5 Å². The van der Waals surface area contributed by atoms with Gasteiger partial charge in [-0.1, -0.05) is 48.0 Å². The van der Waals surface area contributed by atoms with E-state index in [0.29, 0.717) is 25.4 Å². The predicted molar refractivity (Wildman–Crippen MR) is 94.4 cm³/mol. The fourth-order valence-electron chi connectivity index (χ4n) is 5.41. The Hall–Kier alpha value is -0.120. The molecule has 3 nitrogen and oxygen atoms in total. The van der Waals surface area contributed by atoms with Crippen LogP contribution in [0.15, 0.2) is 0 Å². The maximum atomic E-state index is 10.7. The van der Waals surface area contributed by atoms with Gasteiger partial charge in [0.1, 0.15) is 0 Å². The molecule has 0 amide bonds.